The maximum atomic E-state index is 12.1. The summed E-state index contributed by atoms with van der Waals surface area (Å²) < 4.78 is 6.98. The summed E-state index contributed by atoms with van der Waals surface area (Å²) in [5, 5.41) is 6.95. The molecular formula is C13H20ClN3O2. The fourth-order valence-electron chi connectivity index (χ4n) is 2.56. The van der Waals surface area contributed by atoms with E-state index in [1.165, 1.54) is 0 Å². The van der Waals surface area contributed by atoms with E-state index in [-0.39, 0.29) is 11.4 Å². The number of amides is 1. The molecule has 0 spiro atoms. The van der Waals surface area contributed by atoms with Crippen molar-refractivity contribution in [2.24, 2.45) is 7.05 Å². The van der Waals surface area contributed by atoms with E-state index in [4.69, 9.17) is 16.3 Å². The van der Waals surface area contributed by atoms with E-state index >= 15 is 0 Å². The summed E-state index contributed by atoms with van der Waals surface area (Å²) in [7, 11) is 3.49. The zero-order valence-electron chi connectivity index (χ0n) is 11.3. The van der Waals surface area contributed by atoms with Crippen molar-refractivity contribution in [3.8, 4) is 0 Å². The molecule has 2 N–H and O–H groups in total. The quantitative estimate of drug-likeness (QED) is 0.854. The third kappa shape index (κ3) is 3.29. The van der Waals surface area contributed by atoms with Crippen LogP contribution in [0.15, 0.2) is 12.3 Å². The Morgan fingerprint density at radius 2 is 2.47 bits per heavy atom. The van der Waals surface area contributed by atoms with Gasteiger partial charge >= 0.3 is 0 Å². The molecule has 0 saturated carbocycles. The van der Waals surface area contributed by atoms with Gasteiger partial charge in [0.1, 0.15) is 5.69 Å². The average molecular weight is 286 g/mol. The van der Waals surface area contributed by atoms with Crippen LogP contribution in [0.3, 0.4) is 0 Å². The Kier molecular flexibility index (Phi) is 4.50. The molecule has 1 unspecified atom stereocenters. The van der Waals surface area contributed by atoms with Crippen molar-refractivity contribution in [1.82, 2.24) is 15.2 Å². The van der Waals surface area contributed by atoms with Gasteiger partial charge in [0.15, 0.2) is 0 Å². The van der Waals surface area contributed by atoms with Crippen molar-refractivity contribution in [2.75, 3.05) is 26.8 Å². The van der Waals surface area contributed by atoms with Crippen LogP contribution >= 0.6 is 11.6 Å². The molecule has 1 aromatic rings. The molecule has 19 heavy (non-hydrogen) atoms. The normalized spacial score (nSPS) is 22.7. The number of aryl methyl sites for hydroxylation is 1. The summed E-state index contributed by atoms with van der Waals surface area (Å²) in [5.74, 6) is -0.112. The van der Waals surface area contributed by atoms with Gasteiger partial charge in [-0.15, -0.1) is 0 Å². The SMILES string of the molecule is COCC1(CNC(=O)c2cc(Cl)cn2C)CCCN1. The highest BCUT2D eigenvalue weighted by Crippen LogP contribution is 2.19. The molecule has 2 heterocycles. The molecule has 1 atom stereocenters. The lowest BCUT2D eigenvalue weighted by Gasteiger charge is -2.28. The molecule has 106 valence electrons. The van der Waals surface area contributed by atoms with Gasteiger partial charge in [0.2, 0.25) is 0 Å². The summed E-state index contributed by atoms with van der Waals surface area (Å²) in [6, 6.07) is 1.67. The van der Waals surface area contributed by atoms with Gasteiger partial charge in [0.05, 0.1) is 17.2 Å². The molecule has 0 aliphatic carbocycles. The van der Waals surface area contributed by atoms with E-state index in [1.807, 2.05) is 0 Å². The highest BCUT2D eigenvalue weighted by atomic mass is 35.5. The first-order chi connectivity index (χ1) is 9.06. The van der Waals surface area contributed by atoms with Crippen LogP contribution in [-0.2, 0) is 11.8 Å². The lowest BCUT2D eigenvalue weighted by atomic mass is 9.98. The Bertz CT molecular complexity index is 453. The number of hydrogen-bond acceptors (Lipinski definition) is 3. The van der Waals surface area contributed by atoms with E-state index in [1.54, 1.807) is 31.0 Å². The van der Waals surface area contributed by atoms with Crippen LogP contribution in [0.2, 0.25) is 5.02 Å². The van der Waals surface area contributed by atoms with E-state index in [9.17, 15) is 4.79 Å². The Morgan fingerprint density at radius 3 is 3.00 bits per heavy atom. The van der Waals surface area contributed by atoms with Gasteiger partial charge in [-0.25, -0.2) is 0 Å². The topological polar surface area (TPSA) is 55.3 Å². The molecule has 1 aliphatic rings. The van der Waals surface area contributed by atoms with Crippen molar-refractivity contribution in [3.63, 3.8) is 0 Å². The third-order valence-corrected chi connectivity index (χ3v) is 3.75. The van der Waals surface area contributed by atoms with Crippen molar-refractivity contribution >= 4 is 17.5 Å². The molecule has 0 radical (unpaired) electrons. The largest absolute Gasteiger partial charge is 0.383 e. The summed E-state index contributed by atoms with van der Waals surface area (Å²) in [5.41, 5.74) is 0.426. The van der Waals surface area contributed by atoms with Crippen LogP contribution < -0.4 is 10.6 Å². The highest BCUT2D eigenvalue weighted by Gasteiger charge is 2.34. The Hall–Kier alpha value is -1.04. The lowest BCUT2D eigenvalue weighted by molar-refractivity contribution is 0.0885. The molecule has 2 rings (SSSR count). The molecule has 1 saturated heterocycles. The Morgan fingerprint density at radius 1 is 1.68 bits per heavy atom. The zero-order valence-corrected chi connectivity index (χ0v) is 12.1. The summed E-state index contributed by atoms with van der Waals surface area (Å²) in [6.07, 6.45) is 3.83. The van der Waals surface area contributed by atoms with E-state index in [0.717, 1.165) is 19.4 Å². The molecule has 1 fully saturated rings. The first kappa shape index (κ1) is 14.4. The van der Waals surface area contributed by atoms with Crippen molar-refractivity contribution < 1.29 is 9.53 Å². The van der Waals surface area contributed by atoms with E-state index in [0.29, 0.717) is 23.9 Å². The van der Waals surface area contributed by atoms with Crippen LogP contribution in [0.25, 0.3) is 0 Å². The number of aromatic nitrogens is 1. The number of carbonyl (C=O) groups is 1. The van der Waals surface area contributed by atoms with Crippen LogP contribution in [0.1, 0.15) is 23.3 Å². The standard InChI is InChI=1S/C13H20ClN3O2/c1-17-7-10(14)6-11(17)12(18)15-8-13(9-19-2)4-3-5-16-13/h6-7,16H,3-5,8-9H2,1-2H3,(H,15,18). The molecule has 0 aromatic carbocycles. The molecule has 1 aromatic heterocycles. The highest BCUT2D eigenvalue weighted by molar-refractivity contribution is 6.31. The van der Waals surface area contributed by atoms with Gasteiger partial charge in [0, 0.05) is 26.9 Å². The van der Waals surface area contributed by atoms with Crippen LogP contribution in [0.5, 0.6) is 0 Å². The Balaban J connectivity index is 1.97. The number of rotatable bonds is 5. The van der Waals surface area contributed by atoms with Crippen molar-refractivity contribution in [2.45, 2.75) is 18.4 Å². The number of carbonyl (C=O) groups excluding carboxylic acids is 1. The van der Waals surface area contributed by atoms with Gasteiger partial charge in [-0.3, -0.25) is 4.79 Å². The van der Waals surface area contributed by atoms with Crippen molar-refractivity contribution in [1.29, 1.82) is 0 Å². The lowest BCUT2D eigenvalue weighted by Crippen LogP contribution is -2.53. The third-order valence-electron chi connectivity index (χ3n) is 3.54. The molecule has 0 bridgehead atoms. The van der Waals surface area contributed by atoms with Crippen LogP contribution in [-0.4, -0.2) is 42.8 Å². The van der Waals surface area contributed by atoms with Gasteiger partial charge in [-0.1, -0.05) is 11.6 Å². The van der Waals surface area contributed by atoms with Gasteiger partial charge < -0.3 is 19.9 Å². The van der Waals surface area contributed by atoms with E-state index in [2.05, 4.69) is 10.6 Å². The maximum Gasteiger partial charge on any atom is 0.268 e. The maximum absolute atomic E-state index is 12.1. The molecule has 1 aliphatic heterocycles. The number of nitrogens with one attached hydrogen (secondary N) is 2. The second kappa shape index (κ2) is 5.94. The molecule has 5 nitrogen and oxygen atoms in total. The van der Waals surface area contributed by atoms with Gasteiger partial charge in [-0.2, -0.15) is 0 Å². The number of methoxy groups -OCH3 is 1. The van der Waals surface area contributed by atoms with Gasteiger partial charge in [0.25, 0.3) is 5.91 Å². The summed E-state index contributed by atoms with van der Waals surface area (Å²) in [6.45, 7) is 2.12. The predicted molar refractivity (Wildman–Crippen MR) is 74.6 cm³/mol. The molecule has 6 heteroatoms. The minimum Gasteiger partial charge on any atom is -0.383 e. The van der Waals surface area contributed by atoms with Crippen LogP contribution in [0.4, 0.5) is 0 Å². The van der Waals surface area contributed by atoms with E-state index < -0.39 is 0 Å². The number of halogens is 1. The minimum absolute atomic E-state index is 0.112. The predicted octanol–water partition coefficient (Wildman–Crippen LogP) is 1.18. The zero-order chi connectivity index (χ0) is 13.9. The summed E-state index contributed by atoms with van der Waals surface area (Å²) >= 11 is 5.88. The Labute approximate surface area is 118 Å². The first-order valence-corrected chi connectivity index (χ1v) is 6.78. The minimum atomic E-state index is -0.140. The van der Waals surface area contributed by atoms with Crippen molar-refractivity contribution in [3.05, 3.63) is 23.0 Å². The molecule has 1 amide bonds. The summed E-state index contributed by atoms with van der Waals surface area (Å²) in [4.78, 5) is 12.1. The first-order valence-electron chi connectivity index (χ1n) is 6.40. The number of ether oxygens (including phenoxy) is 1. The number of nitrogens with zero attached hydrogens (tertiary/aromatic N) is 1. The number of hydrogen-bond donors (Lipinski definition) is 2. The monoisotopic (exact) mass is 285 g/mol. The smallest absolute Gasteiger partial charge is 0.268 e. The van der Waals surface area contributed by atoms with Gasteiger partial charge in [-0.05, 0) is 25.5 Å². The molecular weight excluding hydrogens is 266 g/mol. The fourth-order valence-corrected chi connectivity index (χ4v) is 2.81. The second-order valence-corrected chi connectivity index (χ2v) is 5.52. The second-order valence-electron chi connectivity index (χ2n) is 5.08. The average Bonchev–Trinajstić information content (AvgIpc) is 2.94. The van der Waals surface area contributed by atoms with Crippen LogP contribution in [0, 0.1) is 0 Å². The fraction of sp³-hybridized carbons (Fsp3) is 0.615.